The topological polar surface area (TPSA) is 106 Å². The van der Waals surface area contributed by atoms with Crippen LogP contribution in [-0.4, -0.2) is 21.7 Å². The zero-order valence-corrected chi connectivity index (χ0v) is 18.2. The van der Waals surface area contributed by atoms with E-state index in [1.807, 2.05) is 63.2 Å². The summed E-state index contributed by atoms with van der Waals surface area (Å²) in [6.45, 7) is 6.22. The number of nitriles is 1. The minimum Gasteiger partial charge on any atom is -0.489 e. The van der Waals surface area contributed by atoms with E-state index in [9.17, 15) is 4.79 Å². The molecule has 164 valence electrons. The molecule has 0 radical (unpaired) electrons. The number of alkyl carbamates (subject to hydrolysis) is 1. The second-order valence-electron chi connectivity index (χ2n) is 7.87. The van der Waals surface area contributed by atoms with Crippen LogP contribution in [0, 0.1) is 11.3 Å². The van der Waals surface area contributed by atoms with Crippen LogP contribution < -0.4 is 14.8 Å². The number of benzene rings is 2. The van der Waals surface area contributed by atoms with Crippen molar-refractivity contribution in [2.24, 2.45) is 0 Å². The highest BCUT2D eigenvalue weighted by atomic mass is 16.6. The molecule has 1 aromatic heterocycles. The molecule has 1 heterocycles. The highest BCUT2D eigenvalue weighted by Crippen LogP contribution is 2.24. The zero-order valence-electron chi connectivity index (χ0n) is 18.2. The summed E-state index contributed by atoms with van der Waals surface area (Å²) >= 11 is 0. The minimum absolute atomic E-state index is 0.0413. The number of carbonyl (C=O) groups is 1. The predicted octanol–water partition coefficient (Wildman–Crippen LogP) is 4.74. The van der Waals surface area contributed by atoms with Gasteiger partial charge in [0.2, 0.25) is 11.7 Å². The van der Waals surface area contributed by atoms with Gasteiger partial charge in [0.15, 0.2) is 0 Å². The van der Waals surface area contributed by atoms with Crippen molar-refractivity contribution < 1.29 is 19.0 Å². The molecule has 0 aliphatic heterocycles. The van der Waals surface area contributed by atoms with Gasteiger partial charge in [0.25, 0.3) is 0 Å². The molecule has 0 fully saturated rings. The molecule has 1 amide bonds. The first-order valence-electron chi connectivity index (χ1n) is 9.99. The lowest BCUT2D eigenvalue weighted by molar-refractivity contribution is 0.0523. The van der Waals surface area contributed by atoms with E-state index >= 15 is 0 Å². The van der Waals surface area contributed by atoms with Gasteiger partial charge in [-0.25, -0.2) is 9.78 Å². The Morgan fingerprint density at radius 3 is 2.50 bits per heavy atom. The number of aromatic nitrogens is 2. The summed E-state index contributed by atoms with van der Waals surface area (Å²) in [6, 6.07) is 18.3. The molecule has 0 saturated carbocycles. The third-order valence-electron chi connectivity index (χ3n) is 4.02. The third kappa shape index (κ3) is 7.29. The van der Waals surface area contributed by atoms with Gasteiger partial charge in [-0.2, -0.15) is 10.2 Å². The van der Waals surface area contributed by atoms with Gasteiger partial charge in [-0.3, -0.25) is 0 Å². The summed E-state index contributed by atoms with van der Waals surface area (Å²) in [5.74, 6) is 1.49. The molecule has 3 aromatic rings. The minimum atomic E-state index is -0.526. The number of nitrogens with one attached hydrogen (secondary N) is 1. The van der Waals surface area contributed by atoms with E-state index in [1.165, 1.54) is 6.20 Å². The third-order valence-corrected chi connectivity index (χ3v) is 4.02. The molecule has 8 heteroatoms. The molecule has 2 aromatic carbocycles. The van der Waals surface area contributed by atoms with Gasteiger partial charge in [-0.05, 0) is 44.0 Å². The monoisotopic (exact) mass is 432 g/mol. The Morgan fingerprint density at radius 1 is 1.06 bits per heavy atom. The highest BCUT2D eigenvalue weighted by molar-refractivity contribution is 5.67. The lowest BCUT2D eigenvalue weighted by Crippen LogP contribution is -2.32. The molecule has 3 rings (SSSR count). The van der Waals surface area contributed by atoms with Crippen molar-refractivity contribution in [3.8, 4) is 23.4 Å². The normalized spacial score (nSPS) is 10.7. The highest BCUT2D eigenvalue weighted by Gasteiger charge is 2.15. The number of amides is 1. The first-order chi connectivity index (χ1) is 15.3. The summed E-state index contributed by atoms with van der Waals surface area (Å²) in [6.07, 6.45) is 1.02. The molecule has 0 spiro atoms. The Balaban J connectivity index is 1.51. The van der Waals surface area contributed by atoms with Gasteiger partial charge in [0.05, 0.1) is 0 Å². The second kappa shape index (κ2) is 10.3. The van der Waals surface area contributed by atoms with Crippen molar-refractivity contribution in [1.29, 1.82) is 5.26 Å². The molecule has 0 bridgehead atoms. The molecule has 8 nitrogen and oxygen atoms in total. The Labute approximate surface area is 186 Å². The molecule has 0 atom stereocenters. The van der Waals surface area contributed by atoms with Crippen molar-refractivity contribution in [1.82, 2.24) is 15.3 Å². The molecule has 0 aliphatic carbocycles. The molecule has 32 heavy (non-hydrogen) atoms. The van der Waals surface area contributed by atoms with Crippen molar-refractivity contribution in [3.63, 3.8) is 0 Å². The number of carbonyl (C=O) groups excluding carboxylic acids is 1. The van der Waals surface area contributed by atoms with Gasteiger partial charge >= 0.3 is 6.09 Å². The molecule has 0 unspecified atom stereocenters. The summed E-state index contributed by atoms with van der Waals surface area (Å²) in [5, 5.41) is 11.6. The number of rotatable bonds is 7. The Morgan fingerprint density at radius 2 is 1.78 bits per heavy atom. The van der Waals surface area contributed by atoms with Crippen molar-refractivity contribution in [3.05, 3.63) is 77.7 Å². The van der Waals surface area contributed by atoms with Crippen LogP contribution in [0.25, 0.3) is 0 Å². The van der Waals surface area contributed by atoms with E-state index in [2.05, 4.69) is 15.3 Å². The number of hydrogen-bond donors (Lipinski definition) is 1. The van der Waals surface area contributed by atoms with E-state index in [1.54, 1.807) is 18.2 Å². The quantitative estimate of drug-likeness (QED) is 0.574. The van der Waals surface area contributed by atoms with Crippen LogP contribution in [0.5, 0.6) is 17.4 Å². The predicted molar refractivity (Wildman–Crippen MR) is 117 cm³/mol. The fraction of sp³-hybridized carbons (Fsp3) is 0.250. The molecule has 0 aliphatic rings. The number of ether oxygens (including phenoxy) is 3. The zero-order chi connectivity index (χ0) is 23.0. The van der Waals surface area contributed by atoms with Gasteiger partial charge in [0, 0.05) is 24.9 Å². The maximum atomic E-state index is 11.7. The maximum Gasteiger partial charge on any atom is 0.407 e. The van der Waals surface area contributed by atoms with E-state index in [0.29, 0.717) is 24.7 Å². The van der Waals surface area contributed by atoms with Crippen LogP contribution in [0.1, 0.15) is 37.7 Å². The van der Waals surface area contributed by atoms with Crippen LogP contribution in [0.15, 0.2) is 60.8 Å². The Hall–Kier alpha value is -4.12. The smallest absolute Gasteiger partial charge is 0.407 e. The SMILES string of the molecule is CC(C)(C)OC(=O)NCc1ccc(COc2cccc(Oc3ccnc(C#N)n3)c2)cc1. The van der Waals surface area contributed by atoms with Gasteiger partial charge in [0.1, 0.15) is 29.8 Å². The summed E-state index contributed by atoms with van der Waals surface area (Å²) in [7, 11) is 0. The molecular weight excluding hydrogens is 408 g/mol. The van der Waals surface area contributed by atoms with Crippen molar-refractivity contribution >= 4 is 6.09 Å². The maximum absolute atomic E-state index is 11.7. The van der Waals surface area contributed by atoms with E-state index in [4.69, 9.17) is 19.5 Å². The van der Waals surface area contributed by atoms with Crippen LogP contribution in [-0.2, 0) is 17.9 Å². The van der Waals surface area contributed by atoms with Gasteiger partial charge in [-0.15, -0.1) is 0 Å². The number of nitrogens with zero attached hydrogens (tertiary/aromatic N) is 3. The van der Waals surface area contributed by atoms with E-state index < -0.39 is 11.7 Å². The average molecular weight is 432 g/mol. The van der Waals surface area contributed by atoms with Crippen molar-refractivity contribution in [2.75, 3.05) is 0 Å². The molecule has 1 N–H and O–H groups in total. The van der Waals surface area contributed by atoms with Crippen LogP contribution in [0.3, 0.4) is 0 Å². The first-order valence-corrected chi connectivity index (χ1v) is 9.99. The Bertz CT molecular complexity index is 1100. The summed E-state index contributed by atoms with van der Waals surface area (Å²) < 4.78 is 16.8. The molecule has 0 saturated heterocycles. The van der Waals surface area contributed by atoms with Gasteiger partial charge < -0.3 is 19.5 Å². The largest absolute Gasteiger partial charge is 0.489 e. The lowest BCUT2D eigenvalue weighted by atomic mass is 10.1. The van der Waals surface area contributed by atoms with Gasteiger partial charge in [-0.1, -0.05) is 30.3 Å². The van der Waals surface area contributed by atoms with E-state index in [0.717, 1.165) is 11.1 Å². The fourth-order valence-electron chi connectivity index (χ4n) is 2.61. The lowest BCUT2D eigenvalue weighted by Gasteiger charge is -2.19. The van der Waals surface area contributed by atoms with Crippen LogP contribution in [0.4, 0.5) is 4.79 Å². The summed E-state index contributed by atoms with van der Waals surface area (Å²) in [5.41, 5.74) is 1.41. The van der Waals surface area contributed by atoms with Crippen molar-refractivity contribution in [2.45, 2.75) is 39.5 Å². The van der Waals surface area contributed by atoms with Crippen LogP contribution in [0.2, 0.25) is 0 Å². The standard InChI is InChI=1S/C24H24N4O4/c1-24(2,3)32-23(29)27-15-17-7-9-18(10-8-17)16-30-19-5-4-6-20(13-19)31-22-11-12-26-21(14-25)28-22/h4-13H,15-16H2,1-3H3,(H,27,29). The molecular formula is C24H24N4O4. The first kappa shape index (κ1) is 22.6. The Kier molecular flexibility index (Phi) is 7.24. The number of hydrogen-bond acceptors (Lipinski definition) is 7. The van der Waals surface area contributed by atoms with E-state index in [-0.39, 0.29) is 11.7 Å². The second-order valence-corrected chi connectivity index (χ2v) is 7.87. The van der Waals surface area contributed by atoms with Crippen LogP contribution >= 0.6 is 0 Å². The average Bonchev–Trinajstić information content (AvgIpc) is 2.76. The fourth-order valence-corrected chi connectivity index (χ4v) is 2.61. The summed E-state index contributed by atoms with van der Waals surface area (Å²) in [4.78, 5) is 19.6.